The molecule has 176 valence electrons. The molecular formula is C26H27N3O3S2. The summed E-state index contributed by atoms with van der Waals surface area (Å²) in [6.45, 7) is 5.14. The average Bonchev–Trinajstić information content (AvgIpc) is 3.34. The Morgan fingerprint density at radius 3 is 2.50 bits per heavy atom. The molecule has 0 radical (unpaired) electrons. The average molecular weight is 494 g/mol. The largest absolute Gasteiger partial charge is 0.494 e. The van der Waals surface area contributed by atoms with Crippen LogP contribution in [0.2, 0.25) is 0 Å². The van der Waals surface area contributed by atoms with Crippen molar-refractivity contribution >= 4 is 51.9 Å². The number of nitrogens with zero attached hydrogens (tertiary/aromatic N) is 2. The summed E-state index contributed by atoms with van der Waals surface area (Å²) in [5.41, 5.74) is 2.59. The minimum absolute atomic E-state index is 0.0128. The molecule has 1 fully saturated rings. The number of carbonyl (C=O) groups is 2. The number of ether oxygens (including phenoxy) is 1. The summed E-state index contributed by atoms with van der Waals surface area (Å²) in [4.78, 5) is 31.1. The van der Waals surface area contributed by atoms with Gasteiger partial charge in [-0.15, -0.1) is 11.3 Å². The third-order valence-corrected chi connectivity index (χ3v) is 7.21. The highest BCUT2D eigenvalue weighted by atomic mass is 32.1. The Labute approximate surface area is 209 Å². The lowest BCUT2D eigenvalue weighted by Crippen LogP contribution is -2.39. The summed E-state index contributed by atoms with van der Waals surface area (Å²) in [5.74, 6) is 0.323. The molecule has 0 bridgehead atoms. The molecule has 1 unspecified atom stereocenters. The fraction of sp³-hybridized carbons (Fsp3) is 0.269. The number of para-hydroxylation sites is 1. The highest BCUT2D eigenvalue weighted by Crippen LogP contribution is 2.28. The molecule has 34 heavy (non-hydrogen) atoms. The zero-order chi connectivity index (χ0) is 24.1. The number of aryl methyl sites for hydroxylation is 1. The second-order valence-electron chi connectivity index (χ2n) is 7.99. The van der Waals surface area contributed by atoms with Crippen molar-refractivity contribution in [1.82, 2.24) is 4.90 Å². The molecule has 0 aliphatic carbocycles. The van der Waals surface area contributed by atoms with Gasteiger partial charge in [0.15, 0.2) is 5.11 Å². The molecule has 0 saturated carbocycles. The Balaban J connectivity index is 1.51. The lowest BCUT2D eigenvalue weighted by atomic mass is 10.1. The molecule has 1 aromatic heterocycles. The quantitative estimate of drug-likeness (QED) is 0.424. The summed E-state index contributed by atoms with van der Waals surface area (Å²) < 4.78 is 5.45. The first kappa shape index (κ1) is 23.9. The first-order chi connectivity index (χ1) is 16.5. The van der Waals surface area contributed by atoms with Gasteiger partial charge in [0.25, 0.3) is 5.91 Å². The van der Waals surface area contributed by atoms with Gasteiger partial charge in [-0.3, -0.25) is 14.5 Å². The predicted octanol–water partition coefficient (Wildman–Crippen LogP) is 5.03. The van der Waals surface area contributed by atoms with Gasteiger partial charge in [0, 0.05) is 17.1 Å². The van der Waals surface area contributed by atoms with Gasteiger partial charge in [-0.1, -0.05) is 18.2 Å². The highest BCUT2D eigenvalue weighted by molar-refractivity contribution is 7.80. The van der Waals surface area contributed by atoms with Gasteiger partial charge < -0.3 is 15.0 Å². The number of benzene rings is 2. The van der Waals surface area contributed by atoms with Gasteiger partial charge in [-0.05, 0) is 85.9 Å². The van der Waals surface area contributed by atoms with Crippen LogP contribution in [0, 0.1) is 6.92 Å². The topological polar surface area (TPSA) is 61.9 Å². The lowest BCUT2D eigenvalue weighted by molar-refractivity contribution is -0.124. The molecule has 2 amide bonds. The van der Waals surface area contributed by atoms with E-state index in [1.54, 1.807) is 28.4 Å². The van der Waals surface area contributed by atoms with Crippen LogP contribution in [0.15, 0.2) is 66.0 Å². The molecular weight excluding hydrogens is 466 g/mol. The summed E-state index contributed by atoms with van der Waals surface area (Å²) in [6.07, 6.45) is 0.773. The molecule has 1 atom stereocenters. The molecule has 1 aliphatic heterocycles. The Hall–Kier alpha value is -3.23. The van der Waals surface area contributed by atoms with Crippen molar-refractivity contribution in [2.75, 3.05) is 23.4 Å². The minimum atomic E-state index is -0.657. The van der Waals surface area contributed by atoms with Crippen LogP contribution in [0.25, 0.3) is 0 Å². The molecule has 0 spiro atoms. The second-order valence-corrected chi connectivity index (χ2v) is 9.35. The summed E-state index contributed by atoms with van der Waals surface area (Å²) in [7, 11) is 0. The van der Waals surface area contributed by atoms with Crippen LogP contribution in [0.1, 0.15) is 23.8 Å². The van der Waals surface area contributed by atoms with Gasteiger partial charge in [-0.2, -0.15) is 0 Å². The summed E-state index contributed by atoms with van der Waals surface area (Å²) in [5, 5.41) is 5.39. The third kappa shape index (κ3) is 5.29. The maximum Gasteiger partial charge on any atom is 0.256 e. The maximum atomic E-state index is 13.5. The molecule has 2 heterocycles. The smallest absolute Gasteiger partial charge is 0.256 e. The molecule has 4 rings (SSSR count). The van der Waals surface area contributed by atoms with Crippen LogP contribution < -0.4 is 15.0 Å². The molecule has 1 aliphatic rings. The molecule has 6 nitrogen and oxygen atoms in total. The predicted molar refractivity (Wildman–Crippen MR) is 141 cm³/mol. The van der Waals surface area contributed by atoms with E-state index in [-0.39, 0.29) is 18.2 Å². The Morgan fingerprint density at radius 2 is 1.85 bits per heavy atom. The zero-order valence-corrected chi connectivity index (χ0v) is 20.8. The van der Waals surface area contributed by atoms with E-state index in [9.17, 15) is 9.59 Å². The van der Waals surface area contributed by atoms with Gasteiger partial charge in [0.05, 0.1) is 18.7 Å². The number of hydrogen-bond donors (Lipinski definition) is 1. The number of carbonyl (C=O) groups excluding carboxylic acids is 2. The van der Waals surface area contributed by atoms with E-state index in [1.165, 1.54) is 10.4 Å². The van der Waals surface area contributed by atoms with Gasteiger partial charge in [-0.25, -0.2) is 0 Å². The number of amides is 2. The second kappa shape index (κ2) is 10.8. The number of anilines is 2. The van der Waals surface area contributed by atoms with E-state index in [4.69, 9.17) is 17.0 Å². The van der Waals surface area contributed by atoms with Crippen LogP contribution in [-0.2, 0) is 16.0 Å². The van der Waals surface area contributed by atoms with Crippen molar-refractivity contribution in [3.05, 3.63) is 76.5 Å². The minimum Gasteiger partial charge on any atom is -0.494 e. The molecule has 1 N–H and O–H groups in total. The van der Waals surface area contributed by atoms with Gasteiger partial charge >= 0.3 is 0 Å². The first-order valence-corrected chi connectivity index (χ1v) is 12.5. The van der Waals surface area contributed by atoms with E-state index in [2.05, 4.69) is 23.7 Å². The Kier molecular flexibility index (Phi) is 7.59. The number of nitrogens with one attached hydrogen (secondary N) is 1. The van der Waals surface area contributed by atoms with Gasteiger partial charge in [0.2, 0.25) is 5.91 Å². The summed E-state index contributed by atoms with van der Waals surface area (Å²) >= 11 is 7.43. The van der Waals surface area contributed by atoms with Crippen LogP contribution in [0.4, 0.5) is 11.4 Å². The number of rotatable bonds is 9. The van der Waals surface area contributed by atoms with E-state index in [1.807, 2.05) is 54.3 Å². The van der Waals surface area contributed by atoms with Crippen molar-refractivity contribution in [2.24, 2.45) is 0 Å². The normalized spacial score (nSPS) is 15.6. The third-order valence-electron chi connectivity index (χ3n) is 5.71. The van der Waals surface area contributed by atoms with Gasteiger partial charge in [0.1, 0.15) is 11.8 Å². The number of thiocarbonyl (C=S) groups is 1. The lowest BCUT2D eigenvalue weighted by Gasteiger charge is -2.24. The van der Waals surface area contributed by atoms with E-state index in [0.29, 0.717) is 29.6 Å². The molecule has 1 saturated heterocycles. The standard InChI is InChI=1S/C26H27N3O3S2/c1-3-32-21-11-9-19(10-12-21)27-24(30)17-22-25(31)29(20-7-5-4-6-8-20)26(33)28(22)15-13-23-18(2)14-16-34-23/h4-12,14,16,22H,3,13,15,17H2,1-2H3,(H,27,30). The molecule has 2 aromatic carbocycles. The van der Waals surface area contributed by atoms with Crippen molar-refractivity contribution in [2.45, 2.75) is 32.7 Å². The van der Waals surface area contributed by atoms with Crippen molar-refractivity contribution in [3.63, 3.8) is 0 Å². The van der Waals surface area contributed by atoms with Crippen molar-refractivity contribution in [1.29, 1.82) is 0 Å². The van der Waals surface area contributed by atoms with Crippen LogP contribution in [-0.4, -0.2) is 41.0 Å². The Bertz CT molecular complexity index is 1160. The number of thiophene rings is 1. The first-order valence-electron chi connectivity index (χ1n) is 11.2. The SMILES string of the molecule is CCOc1ccc(NC(=O)CC2C(=O)N(c3ccccc3)C(=S)N2CCc2sccc2C)cc1. The Morgan fingerprint density at radius 1 is 1.12 bits per heavy atom. The number of hydrogen-bond acceptors (Lipinski definition) is 5. The van der Waals surface area contributed by atoms with Crippen molar-refractivity contribution < 1.29 is 14.3 Å². The van der Waals surface area contributed by atoms with Crippen LogP contribution in [0.5, 0.6) is 5.75 Å². The fourth-order valence-electron chi connectivity index (χ4n) is 3.97. The molecule has 8 heteroatoms. The maximum absolute atomic E-state index is 13.5. The summed E-state index contributed by atoms with van der Waals surface area (Å²) in [6, 6.07) is 18.0. The van der Waals surface area contributed by atoms with E-state index in [0.717, 1.165) is 12.2 Å². The highest BCUT2D eigenvalue weighted by Gasteiger charge is 2.43. The van der Waals surface area contributed by atoms with Crippen LogP contribution in [0.3, 0.4) is 0 Å². The fourth-order valence-corrected chi connectivity index (χ4v) is 5.29. The molecule has 3 aromatic rings. The van der Waals surface area contributed by atoms with E-state index < -0.39 is 6.04 Å². The van der Waals surface area contributed by atoms with E-state index >= 15 is 0 Å². The van der Waals surface area contributed by atoms with Crippen LogP contribution >= 0.6 is 23.6 Å². The van der Waals surface area contributed by atoms with Crippen molar-refractivity contribution in [3.8, 4) is 5.75 Å². The zero-order valence-electron chi connectivity index (χ0n) is 19.2. The monoisotopic (exact) mass is 493 g/mol.